The number of rotatable bonds is 13. The highest BCUT2D eigenvalue weighted by molar-refractivity contribution is 5.91. The number of amides is 2. The summed E-state index contributed by atoms with van der Waals surface area (Å²) in [6, 6.07) is 15.6. The van der Waals surface area contributed by atoms with Crippen molar-refractivity contribution in [3.8, 4) is 5.75 Å². The van der Waals surface area contributed by atoms with Crippen LogP contribution in [0.3, 0.4) is 0 Å². The van der Waals surface area contributed by atoms with Crippen LogP contribution >= 0.6 is 0 Å². The zero-order valence-corrected chi connectivity index (χ0v) is 26.0. The molecule has 1 atom stereocenters. The first-order valence-corrected chi connectivity index (χ1v) is 15.1. The Morgan fingerprint density at radius 2 is 1.70 bits per heavy atom. The Labute approximate surface area is 255 Å². The highest BCUT2D eigenvalue weighted by atomic mass is 16.5. The number of carbonyl (C=O) groups is 3. The third kappa shape index (κ3) is 10.6. The maximum absolute atomic E-state index is 12.3. The SMILES string of the molecule is CN1CCCCC1C(N)=O.COc1ccc(N(C)c2nc(CNC(=O)CCCCCCC(C)=O)nc3ccccc23)cc1. The highest BCUT2D eigenvalue weighted by Crippen LogP contribution is 2.29. The molecule has 2 amide bonds. The van der Waals surface area contributed by atoms with Crippen molar-refractivity contribution in [3.05, 3.63) is 54.4 Å². The highest BCUT2D eigenvalue weighted by Gasteiger charge is 2.23. The van der Waals surface area contributed by atoms with Crippen molar-refractivity contribution in [2.45, 2.75) is 77.3 Å². The van der Waals surface area contributed by atoms with Gasteiger partial charge >= 0.3 is 0 Å². The van der Waals surface area contributed by atoms with Crippen molar-refractivity contribution in [2.24, 2.45) is 5.73 Å². The van der Waals surface area contributed by atoms with Crippen LogP contribution in [0.5, 0.6) is 5.75 Å². The lowest BCUT2D eigenvalue weighted by Gasteiger charge is -2.29. The first-order chi connectivity index (χ1) is 20.7. The number of primary amides is 1. The summed E-state index contributed by atoms with van der Waals surface area (Å²) in [7, 11) is 5.56. The quantitative estimate of drug-likeness (QED) is 0.269. The number of hydrogen-bond acceptors (Lipinski definition) is 8. The van der Waals surface area contributed by atoms with E-state index in [0.717, 1.165) is 73.2 Å². The molecule has 10 heteroatoms. The van der Waals surface area contributed by atoms with Gasteiger partial charge in [0.2, 0.25) is 11.8 Å². The van der Waals surface area contributed by atoms with Crippen molar-refractivity contribution in [1.29, 1.82) is 0 Å². The molecule has 0 spiro atoms. The molecule has 0 saturated carbocycles. The number of methoxy groups -OCH3 is 1. The number of nitrogens with two attached hydrogens (primary N) is 1. The number of ether oxygens (including phenoxy) is 1. The topological polar surface area (TPSA) is 131 Å². The number of likely N-dealkylation sites (N-methyl/N-ethyl adjacent to an activating group) is 1. The van der Waals surface area contributed by atoms with Crippen LogP contribution < -0.4 is 20.7 Å². The van der Waals surface area contributed by atoms with Crippen molar-refractivity contribution in [1.82, 2.24) is 20.2 Å². The molecule has 2 aromatic carbocycles. The number of hydrogen-bond donors (Lipinski definition) is 2. The Hall–Kier alpha value is -4.05. The largest absolute Gasteiger partial charge is 0.497 e. The van der Waals surface area contributed by atoms with E-state index in [-0.39, 0.29) is 30.2 Å². The molecule has 0 bridgehead atoms. The van der Waals surface area contributed by atoms with E-state index >= 15 is 0 Å². The molecule has 43 heavy (non-hydrogen) atoms. The normalized spacial score (nSPS) is 14.8. The second-order valence-electron chi connectivity index (χ2n) is 11.0. The summed E-state index contributed by atoms with van der Waals surface area (Å²) >= 11 is 0. The molecule has 1 aliphatic rings. The lowest BCUT2D eigenvalue weighted by Crippen LogP contribution is -2.45. The number of ketones is 1. The molecule has 1 saturated heterocycles. The summed E-state index contributed by atoms with van der Waals surface area (Å²) in [6.07, 6.45) is 7.99. The van der Waals surface area contributed by atoms with Crippen LogP contribution in [0.4, 0.5) is 11.5 Å². The first kappa shape index (κ1) is 33.5. The van der Waals surface area contributed by atoms with Gasteiger partial charge in [0, 0.05) is 31.0 Å². The van der Waals surface area contributed by atoms with Gasteiger partial charge in [-0.3, -0.25) is 14.5 Å². The van der Waals surface area contributed by atoms with Crippen molar-refractivity contribution >= 4 is 40.0 Å². The van der Waals surface area contributed by atoms with Crippen LogP contribution in [-0.2, 0) is 20.9 Å². The van der Waals surface area contributed by atoms with Crippen molar-refractivity contribution in [3.63, 3.8) is 0 Å². The minimum atomic E-state index is -0.179. The summed E-state index contributed by atoms with van der Waals surface area (Å²) in [5, 5.41) is 3.88. The van der Waals surface area contributed by atoms with E-state index in [4.69, 9.17) is 15.5 Å². The summed E-state index contributed by atoms with van der Waals surface area (Å²) in [4.78, 5) is 47.5. The number of piperidine rings is 1. The number of aromatic nitrogens is 2. The zero-order chi connectivity index (χ0) is 31.2. The van der Waals surface area contributed by atoms with Gasteiger partial charge in [-0.2, -0.15) is 0 Å². The molecular weight excluding hydrogens is 544 g/mol. The molecular formula is C33H46N6O4. The standard InChI is InChI=1S/C26H32N4O3.C7H14N2O/c1-19(31)10-6-4-5-7-13-25(32)27-18-24-28-23-12-9-8-11-22(23)26(29-24)30(2)20-14-16-21(33-3)17-15-20;1-9-5-3-2-4-6(9)7(8)10/h8-9,11-12,14-17H,4-7,10,13,18H2,1-3H3,(H,27,32);6H,2-5H2,1H3,(H2,8,10). The predicted octanol–water partition coefficient (Wildman–Crippen LogP) is 4.91. The number of likely N-dealkylation sites (tertiary alicyclic amines) is 1. The number of carbonyl (C=O) groups excluding carboxylic acids is 3. The smallest absolute Gasteiger partial charge is 0.234 e. The molecule has 4 rings (SSSR count). The fourth-order valence-electron chi connectivity index (χ4n) is 5.08. The van der Waals surface area contributed by atoms with Crippen molar-refractivity contribution < 1.29 is 19.1 Å². The summed E-state index contributed by atoms with van der Waals surface area (Å²) < 4.78 is 5.26. The molecule has 0 aliphatic carbocycles. The fourth-order valence-corrected chi connectivity index (χ4v) is 5.08. The van der Waals surface area contributed by atoms with Gasteiger partial charge < -0.3 is 25.5 Å². The molecule has 3 N–H and O–H groups in total. The number of para-hydroxylation sites is 1. The zero-order valence-electron chi connectivity index (χ0n) is 26.0. The lowest BCUT2D eigenvalue weighted by atomic mass is 10.0. The van der Waals surface area contributed by atoms with E-state index in [2.05, 4.69) is 10.3 Å². The molecule has 1 unspecified atom stereocenters. The molecule has 1 aliphatic heterocycles. The maximum Gasteiger partial charge on any atom is 0.234 e. The van der Waals surface area contributed by atoms with E-state index in [1.165, 1.54) is 6.42 Å². The van der Waals surface area contributed by atoms with E-state index in [9.17, 15) is 14.4 Å². The van der Waals surface area contributed by atoms with Gasteiger partial charge in [-0.25, -0.2) is 9.97 Å². The van der Waals surface area contributed by atoms with Gasteiger partial charge in [0.1, 0.15) is 17.4 Å². The van der Waals surface area contributed by atoms with Gasteiger partial charge in [0.25, 0.3) is 0 Å². The fraction of sp³-hybridized carbons (Fsp3) is 0.485. The van der Waals surface area contributed by atoms with Crippen LogP contribution in [0.25, 0.3) is 10.9 Å². The number of nitrogens with one attached hydrogen (secondary N) is 1. The molecule has 1 aromatic heterocycles. The van der Waals surface area contributed by atoms with Crippen LogP contribution in [0.1, 0.15) is 70.5 Å². The van der Waals surface area contributed by atoms with Gasteiger partial charge in [-0.05, 0) is 82.6 Å². The molecule has 1 fully saturated rings. The van der Waals surface area contributed by atoms with Gasteiger partial charge in [-0.15, -0.1) is 0 Å². The number of fused-ring (bicyclic) bond motifs is 1. The number of Topliss-reactive ketones (excluding diaryl/α,β-unsaturated/α-hetero) is 1. The second kappa shape index (κ2) is 17.2. The van der Waals surface area contributed by atoms with E-state index in [1.807, 2.05) is 72.4 Å². The Morgan fingerprint density at radius 1 is 1.00 bits per heavy atom. The van der Waals surface area contributed by atoms with Crippen LogP contribution in [0, 0.1) is 0 Å². The van der Waals surface area contributed by atoms with Crippen molar-refractivity contribution in [2.75, 3.05) is 32.6 Å². The Bertz CT molecular complexity index is 1350. The minimum absolute atomic E-state index is 0.00579. The Kier molecular flexibility index (Phi) is 13.3. The summed E-state index contributed by atoms with van der Waals surface area (Å²) in [6.45, 7) is 2.90. The van der Waals surface area contributed by atoms with Crippen LogP contribution in [0.2, 0.25) is 0 Å². The third-order valence-electron chi connectivity index (χ3n) is 7.63. The Morgan fingerprint density at radius 3 is 2.33 bits per heavy atom. The molecule has 10 nitrogen and oxygen atoms in total. The van der Waals surface area contributed by atoms with E-state index < -0.39 is 0 Å². The third-order valence-corrected chi connectivity index (χ3v) is 7.63. The maximum atomic E-state index is 12.3. The Balaban J connectivity index is 0.000000428. The summed E-state index contributed by atoms with van der Waals surface area (Å²) in [5.41, 5.74) is 6.98. The van der Waals surface area contributed by atoms with E-state index in [0.29, 0.717) is 18.7 Å². The van der Waals surface area contributed by atoms with Gasteiger partial charge in [-0.1, -0.05) is 31.4 Å². The molecule has 0 radical (unpaired) electrons. The van der Waals surface area contributed by atoms with Gasteiger partial charge in [0.05, 0.1) is 25.2 Å². The van der Waals surface area contributed by atoms with Gasteiger partial charge in [0.15, 0.2) is 5.82 Å². The van der Waals surface area contributed by atoms with Crippen LogP contribution in [-0.4, -0.2) is 66.3 Å². The number of anilines is 2. The summed E-state index contributed by atoms with van der Waals surface area (Å²) in [5.74, 6) is 2.17. The second-order valence-corrected chi connectivity index (χ2v) is 11.0. The molecule has 3 aromatic rings. The number of unbranched alkanes of at least 4 members (excludes halogenated alkanes) is 3. The molecule has 232 valence electrons. The lowest BCUT2D eigenvalue weighted by molar-refractivity contribution is -0.124. The molecule has 2 heterocycles. The first-order valence-electron chi connectivity index (χ1n) is 15.1. The minimum Gasteiger partial charge on any atom is -0.497 e. The monoisotopic (exact) mass is 590 g/mol. The average molecular weight is 591 g/mol. The van der Waals surface area contributed by atoms with E-state index in [1.54, 1.807) is 14.0 Å². The number of nitrogens with zero attached hydrogens (tertiary/aromatic N) is 4. The van der Waals surface area contributed by atoms with Crippen LogP contribution in [0.15, 0.2) is 48.5 Å². The predicted molar refractivity (Wildman–Crippen MR) is 170 cm³/mol. The number of benzene rings is 2. The average Bonchev–Trinajstić information content (AvgIpc) is 3.01.